The molecule has 1 aliphatic rings. The number of nitrogens with zero attached hydrogens (tertiary/aromatic N) is 1. The van der Waals surface area contributed by atoms with Crippen LogP contribution in [0.15, 0.2) is 0 Å². The van der Waals surface area contributed by atoms with Crippen molar-refractivity contribution in [1.82, 2.24) is 10.2 Å². The molecule has 0 bridgehead atoms. The number of primary amides is 1. The second-order valence-corrected chi connectivity index (χ2v) is 6.54. The fourth-order valence-electron chi connectivity index (χ4n) is 3.87. The molecule has 4 heteroatoms. The van der Waals surface area contributed by atoms with Crippen LogP contribution in [0.2, 0.25) is 0 Å². The monoisotopic (exact) mass is 297 g/mol. The quantitative estimate of drug-likeness (QED) is 0.651. The van der Waals surface area contributed by atoms with Gasteiger partial charge in [0, 0.05) is 6.54 Å². The first-order chi connectivity index (χ1) is 10.0. The highest BCUT2D eigenvalue weighted by molar-refractivity contribution is 5.85. The largest absolute Gasteiger partial charge is 0.368 e. The third-order valence-corrected chi connectivity index (χ3v) is 5.62. The minimum Gasteiger partial charge on any atom is -0.368 e. The smallest absolute Gasteiger partial charge is 0.238 e. The van der Waals surface area contributed by atoms with E-state index in [2.05, 4.69) is 31.0 Å². The minimum atomic E-state index is -0.464. The molecule has 0 radical (unpaired) electrons. The first kappa shape index (κ1) is 18.4. The van der Waals surface area contributed by atoms with E-state index in [1.165, 1.54) is 19.4 Å². The van der Waals surface area contributed by atoms with Crippen LogP contribution in [-0.4, -0.2) is 43.0 Å². The molecule has 4 nitrogen and oxygen atoms in total. The molecule has 1 aliphatic carbocycles. The van der Waals surface area contributed by atoms with Gasteiger partial charge in [-0.3, -0.25) is 4.79 Å². The number of hydrogen-bond donors (Lipinski definition) is 2. The Kier molecular flexibility index (Phi) is 7.67. The Morgan fingerprint density at radius 1 is 1.38 bits per heavy atom. The van der Waals surface area contributed by atoms with Gasteiger partial charge in [0.05, 0.1) is 0 Å². The summed E-state index contributed by atoms with van der Waals surface area (Å²) < 4.78 is 0. The lowest BCUT2D eigenvalue weighted by atomic mass is 9.84. The molecule has 1 rings (SSSR count). The lowest BCUT2D eigenvalue weighted by molar-refractivity contribution is -0.125. The highest BCUT2D eigenvalue weighted by atomic mass is 16.1. The number of nitrogens with two attached hydrogens (primary N) is 1. The van der Waals surface area contributed by atoms with Crippen molar-refractivity contribution in [3.8, 4) is 0 Å². The van der Waals surface area contributed by atoms with Crippen LogP contribution in [0.3, 0.4) is 0 Å². The van der Waals surface area contributed by atoms with E-state index in [0.29, 0.717) is 5.92 Å². The van der Waals surface area contributed by atoms with Gasteiger partial charge >= 0.3 is 0 Å². The Bertz CT molecular complexity index is 317. The minimum absolute atomic E-state index is 0.171. The summed E-state index contributed by atoms with van der Waals surface area (Å²) in [5, 5.41) is 3.24. The van der Waals surface area contributed by atoms with E-state index >= 15 is 0 Å². The molecule has 0 aliphatic heterocycles. The van der Waals surface area contributed by atoms with Crippen molar-refractivity contribution in [3.63, 3.8) is 0 Å². The molecule has 0 spiro atoms. The maximum Gasteiger partial charge on any atom is 0.238 e. The number of likely N-dealkylation sites (N-methyl/N-ethyl adjacent to an activating group) is 1. The standard InChI is InChI=1S/C17H35N3O/c1-5-14(6-2)13-20(7-3)12-10-15-9-8-11-17(15,19-4)16(18)21/h14-15,19H,5-13H2,1-4H3,(H2,18,21). The Labute approximate surface area is 130 Å². The zero-order chi connectivity index (χ0) is 15.9. The number of nitrogens with one attached hydrogen (secondary N) is 1. The summed E-state index contributed by atoms with van der Waals surface area (Å²) in [6.07, 6.45) is 6.68. The van der Waals surface area contributed by atoms with Crippen molar-refractivity contribution in [2.24, 2.45) is 17.6 Å². The summed E-state index contributed by atoms with van der Waals surface area (Å²) in [5.74, 6) is 1.00. The van der Waals surface area contributed by atoms with Crippen LogP contribution >= 0.6 is 0 Å². The summed E-state index contributed by atoms with van der Waals surface area (Å²) in [5.41, 5.74) is 5.22. The van der Waals surface area contributed by atoms with Gasteiger partial charge in [0.1, 0.15) is 5.54 Å². The normalized spacial score (nSPS) is 25.9. The van der Waals surface area contributed by atoms with Gasteiger partial charge in [-0.25, -0.2) is 0 Å². The molecule has 21 heavy (non-hydrogen) atoms. The predicted molar refractivity (Wildman–Crippen MR) is 89.1 cm³/mol. The highest BCUT2D eigenvalue weighted by Crippen LogP contribution is 2.37. The van der Waals surface area contributed by atoms with Crippen LogP contribution in [0, 0.1) is 11.8 Å². The molecular formula is C17H35N3O. The topological polar surface area (TPSA) is 58.4 Å². The SMILES string of the molecule is CCC(CC)CN(CC)CCC1CCCC1(NC)C(N)=O. The van der Waals surface area contributed by atoms with E-state index in [9.17, 15) is 4.79 Å². The fourth-order valence-corrected chi connectivity index (χ4v) is 3.87. The average molecular weight is 297 g/mol. The van der Waals surface area contributed by atoms with E-state index in [1.54, 1.807) is 0 Å². The van der Waals surface area contributed by atoms with Gasteiger partial charge in [-0.15, -0.1) is 0 Å². The maximum absolute atomic E-state index is 11.9. The van der Waals surface area contributed by atoms with E-state index in [4.69, 9.17) is 5.73 Å². The van der Waals surface area contributed by atoms with Crippen LogP contribution in [0.25, 0.3) is 0 Å². The molecule has 0 aromatic carbocycles. The van der Waals surface area contributed by atoms with Gasteiger partial charge in [0.25, 0.3) is 0 Å². The molecule has 3 N–H and O–H groups in total. The molecule has 0 aromatic rings. The maximum atomic E-state index is 11.9. The van der Waals surface area contributed by atoms with Crippen molar-refractivity contribution >= 4 is 5.91 Å². The molecule has 1 saturated carbocycles. The third-order valence-electron chi connectivity index (χ3n) is 5.62. The van der Waals surface area contributed by atoms with Gasteiger partial charge in [-0.2, -0.15) is 0 Å². The number of amides is 1. The molecule has 0 saturated heterocycles. The Morgan fingerprint density at radius 2 is 2.05 bits per heavy atom. The van der Waals surface area contributed by atoms with Crippen LogP contribution in [-0.2, 0) is 4.79 Å². The molecule has 1 fully saturated rings. The van der Waals surface area contributed by atoms with Crippen LogP contribution < -0.4 is 11.1 Å². The lowest BCUT2D eigenvalue weighted by Crippen LogP contribution is -2.56. The van der Waals surface area contributed by atoms with E-state index in [-0.39, 0.29) is 5.91 Å². The summed E-state index contributed by atoms with van der Waals surface area (Å²) in [6, 6.07) is 0. The summed E-state index contributed by atoms with van der Waals surface area (Å²) in [7, 11) is 1.88. The number of carbonyl (C=O) groups is 1. The fraction of sp³-hybridized carbons (Fsp3) is 0.941. The van der Waals surface area contributed by atoms with Crippen molar-refractivity contribution in [2.75, 3.05) is 26.7 Å². The predicted octanol–water partition coefficient (Wildman–Crippen LogP) is 2.38. The summed E-state index contributed by atoms with van der Waals surface area (Å²) >= 11 is 0. The van der Waals surface area contributed by atoms with Gasteiger partial charge < -0.3 is 16.0 Å². The zero-order valence-corrected chi connectivity index (χ0v) is 14.5. The van der Waals surface area contributed by atoms with Crippen LogP contribution in [0.4, 0.5) is 0 Å². The van der Waals surface area contributed by atoms with E-state index < -0.39 is 5.54 Å². The molecule has 2 unspecified atom stereocenters. The van der Waals surface area contributed by atoms with E-state index in [1.807, 2.05) is 7.05 Å². The summed E-state index contributed by atoms with van der Waals surface area (Å²) in [6.45, 7) is 10.1. The third kappa shape index (κ3) is 4.43. The number of hydrogen-bond acceptors (Lipinski definition) is 3. The van der Waals surface area contributed by atoms with Gasteiger partial charge in [0.15, 0.2) is 0 Å². The molecule has 124 valence electrons. The highest BCUT2D eigenvalue weighted by Gasteiger charge is 2.46. The Balaban J connectivity index is 2.57. The van der Waals surface area contributed by atoms with Gasteiger partial charge in [0.2, 0.25) is 5.91 Å². The Hall–Kier alpha value is -0.610. The number of rotatable bonds is 10. The van der Waals surface area contributed by atoms with Crippen molar-refractivity contribution in [1.29, 1.82) is 0 Å². The second kappa shape index (κ2) is 8.74. The van der Waals surface area contributed by atoms with Crippen LogP contribution in [0.1, 0.15) is 59.3 Å². The lowest BCUT2D eigenvalue weighted by Gasteiger charge is -2.34. The van der Waals surface area contributed by atoms with Crippen molar-refractivity contribution in [2.45, 2.75) is 64.8 Å². The van der Waals surface area contributed by atoms with Gasteiger partial charge in [-0.05, 0) is 51.2 Å². The first-order valence-electron chi connectivity index (χ1n) is 8.75. The van der Waals surface area contributed by atoms with Crippen LogP contribution in [0.5, 0.6) is 0 Å². The second-order valence-electron chi connectivity index (χ2n) is 6.54. The molecule has 2 atom stereocenters. The summed E-state index contributed by atoms with van der Waals surface area (Å²) in [4.78, 5) is 14.4. The molecule has 0 heterocycles. The molecule has 0 aromatic heterocycles. The van der Waals surface area contributed by atoms with Crippen molar-refractivity contribution in [3.05, 3.63) is 0 Å². The first-order valence-corrected chi connectivity index (χ1v) is 8.75. The Morgan fingerprint density at radius 3 is 2.52 bits per heavy atom. The molecular weight excluding hydrogens is 262 g/mol. The number of carbonyl (C=O) groups excluding carboxylic acids is 1. The molecule has 1 amide bonds. The van der Waals surface area contributed by atoms with E-state index in [0.717, 1.165) is 44.7 Å². The van der Waals surface area contributed by atoms with Gasteiger partial charge in [-0.1, -0.05) is 40.0 Å². The van der Waals surface area contributed by atoms with Crippen molar-refractivity contribution < 1.29 is 4.79 Å². The zero-order valence-electron chi connectivity index (χ0n) is 14.5. The average Bonchev–Trinajstić information content (AvgIpc) is 2.92.